The van der Waals surface area contributed by atoms with Gasteiger partial charge in [0.2, 0.25) is 11.8 Å². The molecule has 294 valence electrons. The largest absolute Gasteiger partial charge is 0.453 e. The third kappa shape index (κ3) is 9.60. The van der Waals surface area contributed by atoms with Gasteiger partial charge in [0.15, 0.2) is 0 Å². The Morgan fingerprint density at radius 2 is 1.24 bits per heavy atom. The molecule has 16 nitrogen and oxygen atoms in total. The maximum atomic E-state index is 13.5. The topological polar surface area (TPSA) is 204 Å². The van der Waals surface area contributed by atoms with Crippen molar-refractivity contribution >= 4 is 41.6 Å². The molecular weight excluding hydrogens is 708 g/mol. The molecule has 55 heavy (non-hydrogen) atoms. The number of amides is 7. The second kappa shape index (κ2) is 17.9. The number of benzene rings is 2. The van der Waals surface area contributed by atoms with Crippen LogP contribution in [0.5, 0.6) is 0 Å². The average molecular weight is 759 g/mol. The van der Waals surface area contributed by atoms with Crippen LogP contribution in [0.3, 0.4) is 0 Å². The Balaban J connectivity index is 1.17. The number of ether oxygens (including phenoxy) is 2. The van der Waals surface area contributed by atoms with E-state index in [4.69, 9.17) is 4.74 Å². The van der Waals surface area contributed by atoms with Crippen LogP contribution in [0.2, 0.25) is 0 Å². The summed E-state index contributed by atoms with van der Waals surface area (Å²) < 4.78 is 9.38. The van der Waals surface area contributed by atoms with Crippen molar-refractivity contribution in [2.24, 2.45) is 11.8 Å². The summed E-state index contributed by atoms with van der Waals surface area (Å²) in [4.78, 5) is 87.5. The summed E-state index contributed by atoms with van der Waals surface area (Å²) in [6.07, 6.45) is 2.91. The Labute approximate surface area is 320 Å². The quantitative estimate of drug-likeness (QED) is 0.182. The van der Waals surface area contributed by atoms with Crippen LogP contribution >= 0.6 is 0 Å². The van der Waals surface area contributed by atoms with E-state index in [1.165, 1.54) is 19.1 Å². The summed E-state index contributed by atoms with van der Waals surface area (Å²) in [5.41, 5.74) is 4.02. The van der Waals surface area contributed by atoms with Gasteiger partial charge in [-0.05, 0) is 66.3 Å². The fourth-order valence-electron chi connectivity index (χ4n) is 6.97. The number of imide groups is 1. The van der Waals surface area contributed by atoms with Crippen molar-refractivity contribution in [1.82, 2.24) is 35.7 Å². The van der Waals surface area contributed by atoms with E-state index in [1.54, 1.807) is 37.1 Å². The summed E-state index contributed by atoms with van der Waals surface area (Å²) in [6.45, 7) is 8.21. The number of H-pyrrole nitrogens is 1. The van der Waals surface area contributed by atoms with E-state index in [1.807, 2.05) is 50.2 Å². The first kappa shape index (κ1) is 40.3. The van der Waals surface area contributed by atoms with E-state index < -0.39 is 48.2 Å². The number of methoxy groups -OCH3 is 2. The average Bonchev–Trinajstić information content (AvgIpc) is 3.97. The fraction of sp³-hybridized carbons (Fsp3) is 0.462. The molecule has 5 rings (SSSR count). The van der Waals surface area contributed by atoms with E-state index in [9.17, 15) is 28.8 Å². The van der Waals surface area contributed by atoms with Crippen LogP contribution in [0.15, 0.2) is 54.7 Å². The lowest BCUT2D eigenvalue weighted by atomic mass is 10.0. The van der Waals surface area contributed by atoms with Gasteiger partial charge in [0.05, 0.1) is 32.2 Å². The Morgan fingerprint density at radius 3 is 1.80 bits per heavy atom. The van der Waals surface area contributed by atoms with Crippen LogP contribution in [-0.2, 0) is 23.9 Å². The molecule has 4 atom stereocenters. The van der Waals surface area contributed by atoms with Crippen molar-refractivity contribution in [2.75, 3.05) is 32.6 Å². The summed E-state index contributed by atoms with van der Waals surface area (Å²) >= 11 is 0. The van der Waals surface area contributed by atoms with E-state index in [0.29, 0.717) is 37.4 Å². The molecular formula is C39H50N8O8. The van der Waals surface area contributed by atoms with Crippen LogP contribution in [-0.4, -0.2) is 101 Å². The molecule has 0 bridgehead atoms. The molecule has 0 unspecified atom stereocenters. The molecule has 5 N–H and O–H groups in total. The first-order valence-electron chi connectivity index (χ1n) is 18.5. The first-order chi connectivity index (χ1) is 26.3. The van der Waals surface area contributed by atoms with E-state index in [0.717, 1.165) is 35.2 Å². The maximum Gasteiger partial charge on any atom is 0.407 e. The van der Waals surface area contributed by atoms with Gasteiger partial charge in [-0.25, -0.2) is 19.4 Å². The molecule has 0 radical (unpaired) electrons. The van der Waals surface area contributed by atoms with E-state index in [-0.39, 0.29) is 23.8 Å². The molecule has 2 fully saturated rings. The molecule has 2 aliphatic rings. The number of carbonyl (C=O) groups excluding carboxylic acids is 6. The molecule has 7 amide bonds. The molecule has 2 saturated heterocycles. The summed E-state index contributed by atoms with van der Waals surface area (Å²) in [6, 6.07) is 11.6. The van der Waals surface area contributed by atoms with Gasteiger partial charge in [-0.2, -0.15) is 0 Å². The van der Waals surface area contributed by atoms with Gasteiger partial charge in [-0.3, -0.25) is 19.7 Å². The highest BCUT2D eigenvalue weighted by atomic mass is 16.5. The Morgan fingerprint density at radius 1 is 0.727 bits per heavy atom. The number of nitrogens with zero attached hydrogens (tertiary/aromatic N) is 3. The molecule has 1 aromatic heterocycles. The molecule has 0 spiro atoms. The number of hydrogen-bond acceptors (Lipinski definition) is 9. The number of alkyl carbamates (subject to hydrolysis) is 2. The Hall–Kier alpha value is -5.93. The van der Waals surface area contributed by atoms with Crippen LogP contribution in [0.1, 0.15) is 65.2 Å². The number of aromatic nitrogens is 2. The zero-order valence-electron chi connectivity index (χ0n) is 32.0. The standard InChI is InChI=1S/C39H50N8O8/c1-22(2)31(43-38(52)54-5)35(49)46-19-7-9-29(46)33-40-21-28(42-33)26-13-11-24(12-14-26)25-15-17-27(18-16-25)41-37(51)45-34(48)30-10-8-20-47(30)36(50)32(23(3)4)44-39(53)55-6/h11-18,21-23,29-32H,7-10,19-20H2,1-6H3,(H,40,42)(H,43,52)(H,44,53)(H2,41,45,48,51)/t29-,30-,31-,32-/m0/s1. The van der Waals surface area contributed by atoms with Crippen molar-refractivity contribution in [2.45, 2.75) is 77.5 Å². The van der Waals surface area contributed by atoms with Gasteiger partial charge in [-0.15, -0.1) is 0 Å². The highest BCUT2D eigenvalue weighted by molar-refractivity contribution is 6.04. The van der Waals surface area contributed by atoms with Gasteiger partial charge >= 0.3 is 18.2 Å². The second-order valence-corrected chi connectivity index (χ2v) is 14.4. The number of aromatic amines is 1. The lowest BCUT2D eigenvalue weighted by Crippen LogP contribution is -2.55. The van der Waals surface area contributed by atoms with Gasteiger partial charge < -0.3 is 40.2 Å². The number of rotatable bonds is 11. The first-order valence-corrected chi connectivity index (χ1v) is 18.5. The number of nitrogens with one attached hydrogen (secondary N) is 5. The molecule has 3 aromatic rings. The lowest BCUT2D eigenvalue weighted by molar-refractivity contribution is -0.140. The molecule has 16 heteroatoms. The summed E-state index contributed by atoms with van der Waals surface area (Å²) in [5.74, 6) is -0.878. The number of likely N-dealkylation sites (tertiary alicyclic amines) is 2. The summed E-state index contributed by atoms with van der Waals surface area (Å²) in [7, 11) is 2.48. The van der Waals surface area contributed by atoms with Crippen molar-refractivity contribution in [1.29, 1.82) is 0 Å². The third-order valence-corrected chi connectivity index (χ3v) is 9.98. The monoisotopic (exact) mass is 758 g/mol. The van der Waals surface area contributed by atoms with Crippen LogP contribution in [0.4, 0.5) is 20.1 Å². The second-order valence-electron chi connectivity index (χ2n) is 14.4. The van der Waals surface area contributed by atoms with Gasteiger partial charge in [-0.1, -0.05) is 64.1 Å². The molecule has 0 aliphatic carbocycles. The fourth-order valence-corrected chi connectivity index (χ4v) is 6.97. The third-order valence-electron chi connectivity index (χ3n) is 9.98. The number of hydrogen-bond donors (Lipinski definition) is 5. The van der Waals surface area contributed by atoms with Gasteiger partial charge in [0, 0.05) is 18.8 Å². The number of anilines is 1. The Bertz CT molecular complexity index is 1860. The van der Waals surface area contributed by atoms with Crippen LogP contribution < -0.4 is 21.3 Å². The van der Waals surface area contributed by atoms with Gasteiger partial charge in [0.1, 0.15) is 23.9 Å². The smallest absolute Gasteiger partial charge is 0.407 e. The van der Waals surface area contributed by atoms with Crippen molar-refractivity contribution in [3.05, 3.63) is 60.6 Å². The minimum atomic E-state index is -0.878. The van der Waals surface area contributed by atoms with Crippen LogP contribution in [0, 0.1) is 11.8 Å². The summed E-state index contributed by atoms with van der Waals surface area (Å²) in [5, 5.41) is 10.2. The van der Waals surface area contributed by atoms with Gasteiger partial charge in [0.25, 0.3) is 5.91 Å². The number of imidazole rings is 1. The minimum Gasteiger partial charge on any atom is -0.453 e. The van der Waals surface area contributed by atoms with Crippen LogP contribution in [0.25, 0.3) is 22.4 Å². The lowest BCUT2D eigenvalue weighted by Gasteiger charge is -2.30. The zero-order valence-corrected chi connectivity index (χ0v) is 32.0. The van der Waals surface area contributed by atoms with Crippen molar-refractivity contribution in [3.63, 3.8) is 0 Å². The normalized spacial score (nSPS) is 17.7. The SMILES string of the molecule is COC(=O)N[C@H](C(=O)N1CCC[C@H]1C(=O)NC(=O)Nc1ccc(-c2ccc(-c3cnc([C@@H]4CCCN4C(=O)[C@@H](NC(=O)OC)C(C)C)[nH]3)cc2)cc1)C(C)C. The van der Waals surface area contributed by atoms with Crippen molar-refractivity contribution in [3.8, 4) is 22.4 Å². The highest BCUT2D eigenvalue weighted by Crippen LogP contribution is 2.33. The number of carbonyl (C=O) groups is 6. The minimum absolute atomic E-state index is 0.127. The molecule has 2 aromatic carbocycles. The van der Waals surface area contributed by atoms with Crippen molar-refractivity contribution < 1.29 is 38.2 Å². The highest BCUT2D eigenvalue weighted by Gasteiger charge is 2.40. The number of urea groups is 1. The van der Waals surface area contributed by atoms with E-state index in [2.05, 4.69) is 36.0 Å². The Kier molecular flexibility index (Phi) is 13.1. The molecule has 2 aliphatic heterocycles. The molecule has 0 saturated carbocycles. The predicted octanol–water partition coefficient (Wildman–Crippen LogP) is 4.81. The van der Waals surface area contributed by atoms with E-state index >= 15 is 0 Å². The molecule has 3 heterocycles. The zero-order chi connectivity index (χ0) is 39.8. The predicted molar refractivity (Wildman–Crippen MR) is 203 cm³/mol. The maximum absolute atomic E-state index is 13.5.